The number of hydrogen-bond acceptors (Lipinski definition) is 5. The number of para-hydroxylation sites is 1. The lowest BCUT2D eigenvalue weighted by Gasteiger charge is -2.13. The van der Waals surface area contributed by atoms with Gasteiger partial charge in [-0.3, -0.25) is 4.79 Å². The Morgan fingerprint density at radius 2 is 1.92 bits per heavy atom. The van der Waals surface area contributed by atoms with Crippen molar-refractivity contribution in [2.75, 3.05) is 12.3 Å². The van der Waals surface area contributed by atoms with Gasteiger partial charge in [0.05, 0.1) is 6.61 Å². The highest BCUT2D eigenvalue weighted by molar-refractivity contribution is 5.84. The molecular weight excluding hydrogens is 304 g/mol. The molecule has 2 aromatic heterocycles. The first kappa shape index (κ1) is 16.0. The van der Waals surface area contributed by atoms with Gasteiger partial charge in [0.1, 0.15) is 28.9 Å². The van der Waals surface area contributed by atoms with Crippen molar-refractivity contribution in [3.05, 3.63) is 58.1 Å². The summed E-state index contributed by atoms with van der Waals surface area (Å²) in [6.07, 6.45) is 3.90. The van der Waals surface area contributed by atoms with E-state index < -0.39 is 0 Å². The molecule has 0 aliphatic heterocycles. The number of aromatic nitrogens is 3. The fourth-order valence-corrected chi connectivity index (χ4v) is 2.77. The first-order valence-corrected chi connectivity index (χ1v) is 7.86. The number of pyridine rings is 1. The van der Waals surface area contributed by atoms with Crippen LogP contribution >= 0.6 is 0 Å². The Kier molecular flexibility index (Phi) is 4.46. The Morgan fingerprint density at radius 3 is 2.67 bits per heavy atom. The van der Waals surface area contributed by atoms with Crippen molar-refractivity contribution < 1.29 is 4.74 Å². The first-order chi connectivity index (χ1) is 11.6. The SMILES string of the molecule is Cc1cccc(C)c1OCCCn1ccc(=O)c2c(N)ncnc21. The zero-order chi connectivity index (χ0) is 17.1. The van der Waals surface area contributed by atoms with Crippen LogP contribution in [0.1, 0.15) is 17.5 Å². The van der Waals surface area contributed by atoms with Crippen LogP contribution in [0.3, 0.4) is 0 Å². The molecule has 3 rings (SSSR count). The molecule has 0 atom stereocenters. The number of hydrogen-bond donors (Lipinski definition) is 1. The third-order valence-electron chi connectivity index (χ3n) is 3.98. The summed E-state index contributed by atoms with van der Waals surface area (Å²) in [5, 5.41) is 0.371. The zero-order valence-corrected chi connectivity index (χ0v) is 13.8. The highest BCUT2D eigenvalue weighted by Gasteiger charge is 2.08. The van der Waals surface area contributed by atoms with Crippen LogP contribution in [0.5, 0.6) is 5.75 Å². The molecule has 0 fully saturated rings. The van der Waals surface area contributed by atoms with E-state index in [0.29, 0.717) is 24.2 Å². The summed E-state index contributed by atoms with van der Waals surface area (Å²) in [4.78, 5) is 20.0. The average Bonchev–Trinajstić information content (AvgIpc) is 2.55. The Morgan fingerprint density at radius 1 is 1.17 bits per heavy atom. The predicted molar refractivity (Wildman–Crippen MR) is 94.2 cm³/mol. The van der Waals surface area contributed by atoms with Gasteiger partial charge in [-0.1, -0.05) is 18.2 Å². The van der Waals surface area contributed by atoms with E-state index in [9.17, 15) is 4.79 Å². The molecule has 3 aromatic rings. The molecule has 0 spiro atoms. The topological polar surface area (TPSA) is 83.0 Å². The molecule has 24 heavy (non-hydrogen) atoms. The number of nitrogens with two attached hydrogens (primary N) is 1. The summed E-state index contributed by atoms with van der Waals surface area (Å²) < 4.78 is 7.82. The monoisotopic (exact) mass is 324 g/mol. The Balaban J connectivity index is 1.72. The normalized spacial score (nSPS) is 10.9. The van der Waals surface area contributed by atoms with E-state index in [1.807, 2.05) is 36.6 Å². The number of rotatable bonds is 5. The molecule has 0 saturated carbocycles. The Bertz CT molecular complexity index is 914. The Hall–Kier alpha value is -2.89. The van der Waals surface area contributed by atoms with Crippen molar-refractivity contribution in [3.8, 4) is 5.75 Å². The van der Waals surface area contributed by atoms with Gasteiger partial charge >= 0.3 is 0 Å². The molecule has 0 amide bonds. The van der Waals surface area contributed by atoms with Crippen molar-refractivity contribution >= 4 is 16.9 Å². The van der Waals surface area contributed by atoms with E-state index in [-0.39, 0.29) is 11.2 Å². The molecule has 124 valence electrons. The van der Waals surface area contributed by atoms with Crippen molar-refractivity contribution in [3.63, 3.8) is 0 Å². The molecular formula is C18H20N4O2. The van der Waals surface area contributed by atoms with E-state index in [4.69, 9.17) is 10.5 Å². The lowest BCUT2D eigenvalue weighted by atomic mass is 10.1. The summed E-state index contributed by atoms with van der Waals surface area (Å²) >= 11 is 0. The van der Waals surface area contributed by atoms with Gasteiger partial charge in [-0.25, -0.2) is 9.97 Å². The minimum atomic E-state index is -0.161. The van der Waals surface area contributed by atoms with Crippen LogP contribution in [0.25, 0.3) is 11.0 Å². The molecule has 2 N–H and O–H groups in total. The molecule has 0 bridgehead atoms. The lowest BCUT2D eigenvalue weighted by Crippen LogP contribution is -2.13. The summed E-state index contributed by atoms with van der Waals surface area (Å²) in [5.41, 5.74) is 8.46. The van der Waals surface area contributed by atoms with Crippen molar-refractivity contribution in [2.45, 2.75) is 26.8 Å². The smallest absolute Gasteiger partial charge is 0.194 e. The van der Waals surface area contributed by atoms with E-state index in [2.05, 4.69) is 9.97 Å². The maximum atomic E-state index is 11.9. The fraction of sp³-hybridized carbons (Fsp3) is 0.278. The molecule has 0 saturated heterocycles. The van der Waals surface area contributed by atoms with Crippen molar-refractivity contribution in [1.29, 1.82) is 0 Å². The van der Waals surface area contributed by atoms with Gasteiger partial charge in [0.15, 0.2) is 5.43 Å². The summed E-state index contributed by atoms with van der Waals surface area (Å²) in [5.74, 6) is 1.15. The number of aryl methyl sites for hydroxylation is 3. The number of anilines is 1. The number of benzene rings is 1. The first-order valence-electron chi connectivity index (χ1n) is 7.86. The number of nitrogen functional groups attached to an aromatic ring is 1. The number of fused-ring (bicyclic) bond motifs is 1. The molecule has 2 heterocycles. The molecule has 0 radical (unpaired) electrons. The third kappa shape index (κ3) is 3.08. The van der Waals surface area contributed by atoms with Crippen LogP contribution in [0, 0.1) is 13.8 Å². The van der Waals surface area contributed by atoms with Gasteiger partial charge in [0.2, 0.25) is 0 Å². The van der Waals surface area contributed by atoms with E-state index in [0.717, 1.165) is 23.3 Å². The lowest BCUT2D eigenvalue weighted by molar-refractivity contribution is 0.298. The third-order valence-corrected chi connectivity index (χ3v) is 3.98. The second-order valence-corrected chi connectivity index (χ2v) is 5.75. The van der Waals surface area contributed by atoms with Crippen molar-refractivity contribution in [2.24, 2.45) is 0 Å². The highest BCUT2D eigenvalue weighted by atomic mass is 16.5. The quantitative estimate of drug-likeness (QED) is 0.729. The van der Waals surface area contributed by atoms with Crippen molar-refractivity contribution in [1.82, 2.24) is 14.5 Å². The number of nitrogens with zero attached hydrogens (tertiary/aromatic N) is 3. The predicted octanol–water partition coefficient (Wildman–Crippen LogP) is 2.46. The van der Waals surface area contributed by atoms with Crippen LogP contribution < -0.4 is 15.9 Å². The van der Waals surface area contributed by atoms with E-state index in [1.165, 1.54) is 12.4 Å². The van der Waals surface area contributed by atoms with E-state index >= 15 is 0 Å². The molecule has 6 heteroatoms. The van der Waals surface area contributed by atoms with Gasteiger partial charge in [0, 0.05) is 18.8 Å². The molecule has 0 aliphatic rings. The van der Waals surface area contributed by atoms with Crippen LogP contribution in [-0.2, 0) is 6.54 Å². The summed E-state index contributed by atoms with van der Waals surface area (Å²) in [6.45, 7) is 5.34. The van der Waals surface area contributed by atoms with Crippen LogP contribution in [0.4, 0.5) is 5.82 Å². The minimum Gasteiger partial charge on any atom is -0.493 e. The van der Waals surface area contributed by atoms with Gasteiger partial charge < -0.3 is 15.0 Å². The van der Waals surface area contributed by atoms with Gasteiger partial charge in [-0.15, -0.1) is 0 Å². The van der Waals surface area contributed by atoms with Crippen LogP contribution in [0.15, 0.2) is 41.6 Å². The second kappa shape index (κ2) is 6.70. The molecule has 1 aromatic carbocycles. The molecule has 0 unspecified atom stereocenters. The number of ether oxygens (including phenoxy) is 1. The average molecular weight is 324 g/mol. The second-order valence-electron chi connectivity index (χ2n) is 5.75. The van der Waals surface area contributed by atoms with Crippen LogP contribution in [0.2, 0.25) is 0 Å². The fourth-order valence-electron chi connectivity index (χ4n) is 2.77. The van der Waals surface area contributed by atoms with Crippen LogP contribution in [-0.4, -0.2) is 21.1 Å². The molecule has 6 nitrogen and oxygen atoms in total. The largest absolute Gasteiger partial charge is 0.493 e. The van der Waals surface area contributed by atoms with Gasteiger partial charge in [0.25, 0.3) is 0 Å². The standard InChI is InChI=1S/C18H20N4O2/c1-12-5-3-6-13(2)16(12)24-10-4-8-22-9-7-14(23)15-17(19)20-11-21-18(15)22/h3,5-7,9,11H,4,8,10H2,1-2H3,(H2,19,20,21). The van der Waals surface area contributed by atoms with E-state index in [1.54, 1.807) is 6.20 Å². The summed E-state index contributed by atoms with van der Waals surface area (Å²) in [6, 6.07) is 7.59. The minimum absolute atomic E-state index is 0.161. The van der Waals surface area contributed by atoms with Gasteiger partial charge in [-0.2, -0.15) is 0 Å². The maximum absolute atomic E-state index is 11.9. The van der Waals surface area contributed by atoms with Gasteiger partial charge in [-0.05, 0) is 31.4 Å². The zero-order valence-electron chi connectivity index (χ0n) is 13.8. The molecule has 0 aliphatic carbocycles. The summed E-state index contributed by atoms with van der Waals surface area (Å²) in [7, 11) is 0. The maximum Gasteiger partial charge on any atom is 0.194 e. The highest BCUT2D eigenvalue weighted by Crippen LogP contribution is 2.22. The Labute approximate surface area is 139 Å².